The number of nitrogens with zero attached hydrogens (tertiary/aromatic N) is 1. The first-order valence-corrected chi connectivity index (χ1v) is 12.7. The molecule has 1 saturated carbocycles. The number of rotatable bonds is 5. The fourth-order valence-electron chi connectivity index (χ4n) is 4.70. The monoisotopic (exact) mass is 466 g/mol. The van der Waals surface area contributed by atoms with Crippen LogP contribution in [0.5, 0.6) is 11.5 Å². The summed E-state index contributed by atoms with van der Waals surface area (Å²) in [6.45, 7) is 1.40. The Bertz CT molecular complexity index is 964. The van der Waals surface area contributed by atoms with Gasteiger partial charge in [0.1, 0.15) is 5.54 Å². The normalized spacial score (nSPS) is 22.0. The molecule has 2 fully saturated rings. The summed E-state index contributed by atoms with van der Waals surface area (Å²) in [5.41, 5.74) is -1.19. The molecule has 1 amide bonds. The summed E-state index contributed by atoms with van der Waals surface area (Å²) in [6.07, 6.45) is 4.83. The number of fused-ring (bicyclic) bond motifs is 1. The fourth-order valence-corrected chi connectivity index (χ4v) is 6.18. The number of aliphatic carboxylic acids is 1. The van der Waals surface area contributed by atoms with Gasteiger partial charge in [0.25, 0.3) is 0 Å². The van der Waals surface area contributed by atoms with Gasteiger partial charge in [0.15, 0.2) is 11.5 Å². The van der Waals surface area contributed by atoms with E-state index in [0.717, 1.165) is 25.7 Å². The molecule has 1 aliphatic carbocycles. The van der Waals surface area contributed by atoms with Crippen LogP contribution in [0.3, 0.4) is 0 Å². The van der Waals surface area contributed by atoms with Crippen LogP contribution in [0.2, 0.25) is 0 Å². The lowest BCUT2D eigenvalue weighted by Gasteiger charge is -2.37. The van der Waals surface area contributed by atoms with Gasteiger partial charge in [-0.15, -0.1) is 0 Å². The summed E-state index contributed by atoms with van der Waals surface area (Å²) in [6, 6.07) is 4.62. The molecule has 0 radical (unpaired) electrons. The second kappa shape index (κ2) is 9.27. The minimum atomic E-state index is -3.74. The maximum atomic E-state index is 13.1. The number of sulfonamides is 1. The number of piperidine rings is 1. The van der Waals surface area contributed by atoms with Gasteiger partial charge in [0.05, 0.1) is 18.1 Å². The van der Waals surface area contributed by atoms with Gasteiger partial charge in [-0.3, -0.25) is 4.79 Å². The summed E-state index contributed by atoms with van der Waals surface area (Å²) in [7, 11) is -3.74. The quantitative estimate of drug-likeness (QED) is 0.682. The number of hydrogen-bond acceptors (Lipinski definition) is 6. The number of carboxylic acids is 1. The molecule has 2 heterocycles. The van der Waals surface area contributed by atoms with Crippen molar-refractivity contribution in [3.8, 4) is 11.5 Å². The highest BCUT2D eigenvalue weighted by Gasteiger charge is 2.43. The molecule has 0 spiro atoms. The molecule has 9 nitrogen and oxygen atoms in total. The van der Waals surface area contributed by atoms with E-state index < -0.39 is 27.4 Å². The molecule has 3 aliphatic rings. The molecular weight excluding hydrogens is 436 g/mol. The molecule has 0 bridgehead atoms. The largest absolute Gasteiger partial charge is 0.490 e. The van der Waals surface area contributed by atoms with Gasteiger partial charge in [0, 0.05) is 31.5 Å². The van der Waals surface area contributed by atoms with E-state index in [0.29, 0.717) is 50.4 Å². The number of ether oxygens (including phenoxy) is 2. The Kier molecular flexibility index (Phi) is 6.62. The minimum absolute atomic E-state index is 0.136. The molecule has 10 heteroatoms. The van der Waals surface area contributed by atoms with Crippen molar-refractivity contribution < 1.29 is 32.6 Å². The van der Waals surface area contributed by atoms with Gasteiger partial charge in [-0.1, -0.05) is 19.3 Å². The highest BCUT2D eigenvalue weighted by atomic mass is 32.2. The lowest BCUT2D eigenvalue weighted by atomic mass is 9.81. The molecule has 0 aromatic heterocycles. The van der Waals surface area contributed by atoms with Gasteiger partial charge in [-0.2, -0.15) is 4.31 Å². The van der Waals surface area contributed by atoms with E-state index in [4.69, 9.17) is 9.47 Å². The molecule has 0 unspecified atom stereocenters. The molecule has 2 aliphatic heterocycles. The second-order valence-corrected chi connectivity index (χ2v) is 10.7. The van der Waals surface area contributed by atoms with E-state index in [-0.39, 0.29) is 23.9 Å². The van der Waals surface area contributed by atoms with Crippen molar-refractivity contribution >= 4 is 21.9 Å². The Balaban J connectivity index is 1.40. The Morgan fingerprint density at radius 1 is 1.00 bits per heavy atom. The molecule has 4 rings (SSSR count). The molecular formula is C22H30N2O7S. The first-order chi connectivity index (χ1) is 15.3. The van der Waals surface area contributed by atoms with Crippen LogP contribution in [0, 0.1) is 5.92 Å². The van der Waals surface area contributed by atoms with Crippen molar-refractivity contribution in [2.24, 2.45) is 5.92 Å². The van der Waals surface area contributed by atoms with Gasteiger partial charge in [-0.05, 0) is 37.8 Å². The molecule has 1 saturated heterocycles. The standard InChI is InChI=1S/C22H30N2O7S/c25-20(23-22(21(26)27)9-2-1-3-10-22)16-7-11-24(12-8-16)32(28,29)17-5-6-18-19(15-17)31-14-4-13-30-18/h5-6,15-16H,1-4,7-14H2,(H,23,25)(H,26,27). The average molecular weight is 467 g/mol. The van der Waals surface area contributed by atoms with Gasteiger partial charge >= 0.3 is 5.97 Å². The number of carboxylic acid groups (broad SMARTS) is 1. The number of carbonyl (C=O) groups excluding carboxylic acids is 1. The van der Waals surface area contributed by atoms with E-state index in [1.165, 1.54) is 16.4 Å². The second-order valence-electron chi connectivity index (χ2n) is 8.77. The summed E-state index contributed by atoms with van der Waals surface area (Å²) >= 11 is 0. The summed E-state index contributed by atoms with van der Waals surface area (Å²) < 4.78 is 38.8. The van der Waals surface area contributed by atoms with Crippen molar-refractivity contribution in [1.82, 2.24) is 9.62 Å². The number of amides is 1. The third-order valence-electron chi connectivity index (χ3n) is 6.66. The Hall–Kier alpha value is -2.33. The lowest BCUT2D eigenvalue weighted by molar-refractivity contribution is -0.150. The van der Waals surface area contributed by atoms with E-state index in [9.17, 15) is 23.1 Å². The number of benzene rings is 1. The van der Waals surface area contributed by atoms with Crippen LogP contribution in [-0.2, 0) is 19.6 Å². The highest BCUT2D eigenvalue weighted by molar-refractivity contribution is 7.89. The van der Waals surface area contributed by atoms with E-state index in [1.54, 1.807) is 6.07 Å². The zero-order valence-electron chi connectivity index (χ0n) is 18.0. The smallest absolute Gasteiger partial charge is 0.329 e. The van der Waals surface area contributed by atoms with E-state index in [2.05, 4.69) is 5.32 Å². The molecule has 32 heavy (non-hydrogen) atoms. The minimum Gasteiger partial charge on any atom is -0.490 e. The number of carbonyl (C=O) groups is 2. The van der Waals surface area contributed by atoms with Gasteiger partial charge < -0.3 is 19.9 Å². The Morgan fingerprint density at radius 2 is 1.66 bits per heavy atom. The third kappa shape index (κ3) is 4.56. The van der Waals surface area contributed by atoms with Crippen LogP contribution in [0.1, 0.15) is 51.4 Å². The zero-order chi connectivity index (χ0) is 22.8. The van der Waals surface area contributed by atoms with Gasteiger partial charge in [0.2, 0.25) is 15.9 Å². The maximum absolute atomic E-state index is 13.1. The fraction of sp³-hybridized carbons (Fsp3) is 0.636. The van der Waals surface area contributed by atoms with Crippen LogP contribution in [-0.4, -0.2) is 61.5 Å². The predicted octanol–water partition coefficient (Wildman–Crippen LogP) is 2.15. The Labute approximate surface area is 188 Å². The van der Waals surface area contributed by atoms with Crippen molar-refractivity contribution in [1.29, 1.82) is 0 Å². The summed E-state index contributed by atoms with van der Waals surface area (Å²) in [5, 5.41) is 12.5. The van der Waals surface area contributed by atoms with Crippen LogP contribution >= 0.6 is 0 Å². The van der Waals surface area contributed by atoms with E-state index >= 15 is 0 Å². The molecule has 1 aromatic rings. The molecule has 2 N–H and O–H groups in total. The zero-order valence-corrected chi connectivity index (χ0v) is 18.9. The summed E-state index contributed by atoms with van der Waals surface area (Å²) in [5.74, 6) is -0.721. The molecule has 0 atom stereocenters. The molecule has 176 valence electrons. The van der Waals surface area contributed by atoms with Gasteiger partial charge in [-0.25, -0.2) is 13.2 Å². The predicted molar refractivity (Wildman–Crippen MR) is 115 cm³/mol. The van der Waals surface area contributed by atoms with Crippen LogP contribution in [0.15, 0.2) is 23.1 Å². The lowest BCUT2D eigenvalue weighted by Crippen LogP contribution is -2.57. The maximum Gasteiger partial charge on any atom is 0.329 e. The molecule has 1 aromatic carbocycles. The number of hydrogen-bond donors (Lipinski definition) is 2. The van der Waals surface area contributed by atoms with E-state index in [1.807, 2.05) is 0 Å². The summed E-state index contributed by atoms with van der Waals surface area (Å²) in [4.78, 5) is 24.8. The topological polar surface area (TPSA) is 122 Å². The first-order valence-electron chi connectivity index (χ1n) is 11.3. The van der Waals surface area contributed by atoms with Crippen LogP contribution in [0.25, 0.3) is 0 Å². The van der Waals surface area contributed by atoms with Crippen molar-refractivity contribution in [3.63, 3.8) is 0 Å². The average Bonchev–Trinajstić information content (AvgIpc) is 3.04. The SMILES string of the molecule is O=C(NC1(C(=O)O)CCCCC1)C1CCN(S(=O)(=O)c2ccc3c(c2)OCCCO3)CC1. The highest BCUT2D eigenvalue weighted by Crippen LogP contribution is 2.34. The van der Waals surface area contributed by atoms with Crippen molar-refractivity contribution in [2.75, 3.05) is 26.3 Å². The first kappa shape index (κ1) is 22.8. The Morgan fingerprint density at radius 3 is 2.31 bits per heavy atom. The third-order valence-corrected chi connectivity index (χ3v) is 8.56. The number of nitrogens with one attached hydrogen (secondary N) is 1. The van der Waals surface area contributed by atoms with Crippen molar-refractivity contribution in [3.05, 3.63) is 18.2 Å². The van der Waals surface area contributed by atoms with Crippen LogP contribution in [0.4, 0.5) is 0 Å². The van der Waals surface area contributed by atoms with Crippen molar-refractivity contribution in [2.45, 2.75) is 61.8 Å². The van der Waals surface area contributed by atoms with Crippen LogP contribution < -0.4 is 14.8 Å².